The van der Waals surface area contributed by atoms with Gasteiger partial charge in [-0.3, -0.25) is 14.2 Å². The molecule has 1 aromatic carbocycles. The summed E-state index contributed by atoms with van der Waals surface area (Å²) in [5.41, 5.74) is -0.701. The number of hydrogen-bond acceptors (Lipinski definition) is 3. The van der Waals surface area contributed by atoms with Gasteiger partial charge >= 0.3 is 0 Å². The van der Waals surface area contributed by atoms with Crippen molar-refractivity contribution in [1.82, 2.24) is 9.36 Å². The van der Waals surface area contributed by atoms with E-state index in [0.29, 0.717) is 13.1 Å². The highest BCUT2D eigenvalue weighted by atomic mass is 35.5. The van der Waals surface area contributed by atoms with Crippen molar-refractivity contribution in [2.45, 2.75) is 25.9 Å². The Labute approximate surface area is 158 Å². The predicted octanol–water partition coefficient (Wildman–Crippen LogP) is 3.49. The van der Waals surface area contributed by atoms with E-state index in [2.05, 4.69) is 4.72 Å². The Morgan fingerprint density at radius 2 is 1.76 bits per heavy atom. The lowest BCUT2D eigenvalue weighted by atomic mass is 10.1. The average Bonchev–Trinajstić information content (AvgIpc) is 2.82. The molecule has 1 N–H and O–H groups in total. The predicted molar refractivity (Wildman–Crippen MR) is 96.6 cm³/mol. The van der Waals surface area contributed by atoms with Gasteiger partial charge in [0.2, 0.25) is 16.0 Å². The molecular weight excluding hydrogens is 416 g/mol. The normalized spacial score (nSPS) is 14.4. The third kappa shape index (κ3) is 3.40. The molecule has 0 fully saturated rings. The number of anilines is 1. The molecule has 0 spiro atoms. The van der Waals surface area contributed by atoms with Gasteiger partial charge in [0.1, 0.15) is 10.8 Å². The van der Waals surface area contributed by atoms with Crippen molar-refractivity contribution in [3.8, 4) is 11.1 Å². The molecule has 25 heavy (non-hydrogen) atoms. The quantitative estimate of drug-likeness (QED) is 0.758. The zero-order valence-corrected chi connectivity index (χ0v) is 15.8. The molecule has 2 heterocycles. The summed E-state index contributed by atoms with van der Waals surface area (Å²) in [6.07, 6.45) is 1.54. The van der Waals surface area contributed by atoms with Crippen LogP contribution in [0.1, 0.15) is 12.8 Å². The number of rotatable bonds is 4. The van der Waals surface area contributed by atoms with Crippen molar-refractivity contribution < 1.29 is 12.8 Å². The van der Waals surface area contributed by atoms with Crippen LogP contribution >= 0.6 is 34.8 Å². The second-order valence-electron chi connectivity index (χ2n) is 5.56. The minimum absolute atomic E-state index is 0.00641. The van der Waals surface area contributed by atoms with Crippen LogP contribution in [0.25, 0.3) is 11.1 Å². The zero-order valence-electron chi connectivity index (χ0n) is 12.7. The summed E-state index contributed by atoms with van der Waals surface area (Å²) in [7, 11) is -3.82. The summed E-state index contributed by atoms with van der Waals surface area (Å²) in [5.74, 6) is -0.708. The summed E-state index contributed by atoms with van der Waals surface area (Å²) in [6.45, 7) is 0.796. The fraction of sp³-hybridized carbons (Fsp3) is 0.357. The maximum atomic E-state index is 14.8. The van der Waals surface area contributed by atoms with Crippen molar-refractivity contribution in [1.29, 1.82) is 0 Å². The summed E-state index contributed by atoms with van der Waals surface area (Å²) in [4.78, 5) is 12.6. The number of benzene rings is 1. The largest absolute Gasteiger partial charge is 0.281 e. The Hall–Kier alpha value is -1.22. The topological polar surface area (TPSA) is 73.1 Å². The standard InChI is InChI=1S/C14H13Cl3FN3O3S/c15-7-25(23,24)19-11-5-8(9(16)6-10(11)17)12-13(18)20-3-1-2-4-21(20)14(12)22/h5-6,19H,1-4,7H2. The summed E-state index contributed by atoms with van der Waals surface area (Å²) in [5, 5.41) is -0.635. The molecule has 0 aliphatic carbocycles. The maximum absolute atomic E-state index is 14.8. The number of alkyl halides is 1. The van der Waals surface area contributed by atoms with Crippen molar-refractivity contribution in [3.63, 3.8) is 0 Å². The molecule has 1 aromatic heterocycles. The second kappa shape index (κ2) is 6.83. The first-order valence-corrected chi connectivity index (χ1v) is 10.2. The van der Waals surface area contributed by atoms with E-state index in [4.69, 9.17) is 34.8 Å². The molecule has 0 atom stereocenters. The zero-order chi connectivity index (χ0) is 18.4. The van der Waals surface area contributed by atoms with E-state index >= 15 is 0 Å². The minimum atomic E-state index is -3.82. The Bertz CT molecular complexity index is 1000. The molecule has 0 saturated heterocycles. The Kier molecular flexibility index (Phi) is 5.07. The molecule has 11 heteroatoms. The van der Waals surface area contributed by atoms with Gasteiger partial charge in [-0.25, -0.2) is 13.1 Å². The monoisotopic (exact) mass is 427 g/mol. The molecule has 3 rings (SSSR count). The second-order valence-corrected chi connectivity index (χ2v) is 8.68. The lowest BCUT2D eigenvalue weighted by Gasteiger charge is -2.16. The van der Waals surface area contributed by atoms with Crippen molar-refractivity contribution >= 4 is 50.5 Å². The van der Waals surface area contributed by atoms with Crippen LogP contribution < -0.4 is 10.3 Å². The number of fused-ring (bicyclic) bond motifs is 1. The van der Waals surface area contributed by atoms with E-state index in [0.717, 1.165) is 12.8 Å². The molecule has 0 unspecified atom stereocenters. The molecule has 0 radical (unpaired) electrons. The number of nitrogens with one attached hydrogen (secondary N) is 1. The smallest absolute Gasteiger partial charge is 0.277 e. The van der Waals surface area contributed by atoms with Crippen LogP contribution in [0.15, 0.2) is 16.9 Å². The molecule has 0 amide bonds. The molecule has 1 aliphatic rings. The van der Waals surface area contributed by atoms with E-state index in [9.17, 15) is 17.6 Å². The first kappa shape index (κ1) is 18.6. The van der Waals surface area contributed by atoms with Gasteiger partial charge in [0.05, 0.1) is 15.7 Å². The SMILES string of the molecule is O=c1c(-c2cc(NS(=O)(=O)CCl)c(Cl)cc2Cl)c(F)n2n1CCCC2. The van der Waals surface area contributed by atoms with Crippen molar-refractivity contribution in [2.24, 2.45) is 0 Å². The highest BCUT2D eigenvalue weighted by molar-refractivity contribution is 7.93. The number of nitrogens with zero attached hydrogens (tertiary/aromatic N) is 2. The van der Waals surface area contributed by atoms with E-state index in [1.54, 1.807) is 0 Å². The third-order valence-corrected chi connectivity index (χ3v) is 6.20. The van der Waals surface area contributed by atoms with Gasteiger partial charge in [-0.15, -0.1) is 11.6 Å². The first-order valence-electron chi connectivity index (χ1n) is 7.30. The lowest BCUT2D eigenvalue weighted by Crippen LogP contribution is -2.27. The first-order chi connectivity index (χ1) is 11.7. The molecule has 1 aliphatic heterocycles. The Balaban J connectivity index is 2.19. The van der Waals surface area contributed by atoms with Crippen LogP contribution in [0.4, 0.5) is 10.1 Å². The van der Waals surface area contributed by atoms with Gasteiger partial charge in [0.25, 0.3) is 5.56 Å². The van der Waals surface area contributed by atoms with E-state index in [-0.39, 0.29) is 26.9 Å². The van der Waals surface area contributed by atoms with Crippen LogP contribution in [-0.4, -0.2) is 23.0 Å². The minimum Gasteiger partial charge on any atom is -0.281 e. The average molecular weight is 429 g/mol. The van der Waals surface area contributed by atoms with Gasteiger partial charge < -0.3 is 0 Å². The fourth-order valence-electron chi connectivity index (χ4n) is 2.77. The summed E-state index contributed by atoms with van der Waals surface area (Å²) >= 11 is 17.5. The highest BCUT2D eigenvalue weighted by Crippen LogP contribution is 2.36. The molecular formula is C14H13Cl3FN3O3S. The molecule has 0 saturated carbocycles. The Morgan fingerprint density at radius 3 is 2.36 bits per heavy atom. The van der Waals surface area contributed by atoms with Gasteiger partial charge in [-0.1, -0.05) is 23.2 Å². The molecule has 2 aromatic rings. The van der Waals surface area contributed by atoms with Gasteiger partial charge in [-0.2, -0.15) is 4.39 Å². The summed E-state index contributed by atoms with van der Waals surface area (Å²) in [6, 6.07) is 2.49. The van der Waals surface area contributed by atoms with Gasteiger partial charge in [-0.05, 0) is 25.0 Å². The summed E-state index contributed by atoms with van der Waals surface area (Å²) < 4.78 is 42.9. The molecule has 6 nitrogen and oxygen atoms in total. The number of hydrogen-bond donors (Lipinski definition) is 1. The van der Waals surface area contributed by atoms with Crippen LogP contribution in [0, 0.1) is 5.95 Å². The molecule has 0 bridgehead atoms. The van der Waals surface area contributed by atoms with E-state index in [1.165, 1.54) is 21.5 Å². The number of aromatic nitrogens is 2. The van der Waals surface area contributed by atoms with Gasteiger partial charge in [0.15, 0.2) is 0 Å². The maximum Gasteiger partial charge on any atom is 0.277 e. The fourth-order valence-corrected chi connectivity index (χ4v) is 4.07. The van der Waals surface area contributed by atoms with Crippen LogP contribution in [-0.2, 0) is 23.1 Å². The van der Waals surface area contributed by atoms with Crippen LogP contribution in [0.3, 0.4) is 0 Å². The van der Waals surface area contributed by atoms with Crippen LogP contribution in [0.2, 0.25) is 10.0 Å². The van der Waals surface area contributed by atoms with Crippen molar-refractivity contribution in [3.05, 3.63) is 38.5 Å². The van der Waals surface area contributed by atoms with E-state index < -0.39 is 26.7 Å². The van der Waals surface area contributed by atoms with Crippen LogP contribution in [0.5, 0.6) is 0 Å². The molecule has 136 valence electrons. The third-order valence-electron chi connectivity index (χ3n) is 3.90. The van der Waals surface area contributed by atoms with Gasteiger partial charge in [0, 0.05) is 18.7 Å². The highest BCUT2D eigenvalue weighted by Gasteiger charge is 2.26. The van der Waals surface area contributed by atoms with E-state index in [1.807, 2.05) is 0 Å². The number of sulfonamides is 1. The number of halogens is 4. The Morgan fingerprint density at radius 1 is 1.12 bits per heavy atom. The lowest BCUT2D eigenvalue weighted by molar-refractivity contribution is 0.310. The van der Waals surface area contributed by atoms with Crippen molar-refractivity contribution in [2.75, 3.05) is 9.93 Å².